The highest BCUT2D eigenvalue weighted by Gasteiger charge is 2.25. The molecule has 2 aromatic carbocycles. The highest BCUT2D eigenvalue weighted by molar-refractivity contribution is 8.00. The zero-order valence-electron chi connectivity index (χ0n) is 20.9. The van der Waals surface area contributed by atoms with Crippen molar-refractivity contribution in [2.24, 2.45) is 0 Å². The number of thioether (sulfide) groups is 1. The number of carbonyl (C=O) groups is 1. The van der Waals surface area contributed by atoms with Gasteiger partial charge in [0.25, 0.3) is 0 Å². The molecule has 3 aromatic rings. The Hall–Kier alpha value is -3.00. The van der Waals surface area contributed by atoms with E-state index in [9.17, 15) is 4.79 Å². The molecular formula is C26H34N4O3S. The molecule has 0 aliphatic heterocycles. The Morgan fingerprint density at radius 2 is 1.65 bits per heavy atom. The minimum absolute atomic E-state index is 0.106. The second-order valence-corrected chi connectivity index (χ2v) is 10.0. The average molecular weight is 483 g/mol. The summed E-state index contributed by atoms with van der Waals surface area (Å²) in [5.41, 5.74) is 1.87. The number of amides is 1. The Morgan fingerprint density at radius 1 is 0.971 bits per heavy atom. The lowest BCUT2D eigenvalue weighted by Crippen LogP contribution is -2.23. The Labute approximate surface area is 206 Å². The van der Waals surface area contributed by atoms with Crippen molar-refractivity contribution in [3.63, 3.8) is 0 Å². The van der Waals surface area contributed by atoms with E-state index < -0.39 is 0 Å². The molecule has 7 nitrogen and oxygen atoms in total. The molecule has 8 heteroatoms. The standard InChI is InChI=1S/C26H34N4O3S/c1-16(2)22-10-8-9-11-23(22)33-18(5)24-28-29-26(30(24)17(3)4)34-19(6)25(31)27-20-12-14-21(32-7)15-13-20/h8-19H,1-7H3,(H,27,31). The van der Waals surface area contributed by atoms with Crippen molar-refractivity contribution in [1.82, 2.24) is 14.8 Å². The number of methoxy groups -OCH3 is 1. The number of para-hydroxylation sites is 1. The average Bonchev–Trinajstić information content (AvgIpc) is 3.23. The molecule has 1 aromatic heterocycles. The van der Waals surface area contributed by atoms with Crippen molar-refractivity contribution in [2.75, 3.05) is 12.4 Å². The maximum atomic E-state index is 12.8. The highest BCUT2D eigenvalue weighted by Crippen LogP contribution is 2.33. The summed E-state index contributed by atoms with van der Waals surface area (Å²) in [6, 6.07) is 15.4. The van der Waals surface area contributed by atoms with Gasteiger partial charge in [-0.15, -0.1) is 10.2 Å². The fourth-order valence-corrected chi connectivity index (χ4v) is 4.56. The van der Waals surface area contributed by atoms with Crippen LogP contribution in [0.1, 0.15) is 71.0 Å². The molecule has 0 fully saturated rings. The maximum absolute atomic E-state index is 12.8. The van der Waals surface area contributed by atoms with Gasteiger partial charge in [-0.25, -0.2) is 0 Å². The first-order valence-corrected chi connectivity index (χ1v) is 12.4. The van der Waals surface area contributed by atoms with E-state index in [-0.39, 0.29) is 23.3 Å². The smallest absolute Gasteiger partial charge is 0.237 e. The number of nitrogens with zero attached hydrogens (tertiary/aromatic N) is 3. The first-order valence-electron chi connectivity index (χ1n) is 11.5. The largest absolute Gasteiger partial charge is 0.497 e. The molecule has 3 rings (SSSR count). The van der Waals surface area contributed by atoms with Crippen molar-refractivity contribution in [2.45, 2.75) is 70.0 Å². The fraction of sp³-hybridized carbons (Fsp3) is 0.423. The van der Waals surface area contributed by atoms with Crippen LogP contribution in [0.5, 0.6) is 11.5 Å². The van der Waals surface area contributed by atoms with Gasteiger partial charge in [-0.1, -0.05) is 43.8 Å². The monoisotopic (exact) mass is 482 g/mol. The molecule has 1 amide bonds. The second-order valence-electron chi connectivity index (χ2n) is 8.73. The Bertz CT molecular complexity index is 1100. The number of anilines is 1. The van der Waals surface area contributed by atoms with Crippen LogP contribution < -0.4 is 14.8 Å². The minimum Gasteiger partial charge on any atom is -0.497 e. The van der Waals surface area contributed by atoms with Crippen molar-refractivity contribution in [3.8, 4) is 11.5 Å². The summed E-state index contributed by atoms with van der Waals surface area (Å²) < 4.78 is 13.5. The second kappa shape index (κ2) is 11.4. The third-order valence-corrected chi connectivity index (χ3v) is 6.48. The number of hydrogen-bond donors (Lipinski definition) is 1. The Kier molecular flexibility index (Phi) is 8.61. The first-order chi connectivity index (χ1) is 16.2. The van der Waals surface area contributed by atoms with E-state index in [0.29, 0.717) is 11.1 Å². The SMILES string of the molecule is COc1ccc(NC(=O)C(C)Sc2nnc(C(C)Oc3ccccc3C(C)C)n2C(C)C)cc1. The van der Waals surface area contributed by atoms with Crippen LogP contribution in [0.4, 0.5) is 5.69 Å². The zero-order valence-corrected chi connectivity index (χ0v) is 21.7. The lowest BCUT2D eigenvalue weighted by molar-refractivity contribution is -0.115. The van der Waals surface area contributed by atoms with Crippen LogP contribution in [-0.4, -0.2) is 33.0 Å². The zero-order chi connectivity index (χ0) is 24.8. The molecule has 0 aliphatic rings. The van der Waals surface area contributed by atoms with E-state index in [1.165, 1.54) is 11.8 Å². The maximum Gasteiger partial charge on any atom is 0.237 e. The fourth-order valence-electron chi connectivity index (χ4n) is 3.57. The molecule has 1 N–H and O–H groups in total. The Balaban J connectivity index is 1.74. The van der Waals surface area contributed by atoms with E-state index in [4.69, 9.17) is 9.47 Å². The number of aromatic nitrogens is 3. The van der Waals surface area contributed by atoms with Gasteiger partial charge in [0.15, 0.2) is 17.1 Å². The lowest BCUT2D eigenvalue weighted by atomic mass is 10.0. The molecule has 0 spiro atoms. The van der Waals surface area contributed by atoms with Gasteiger partial charge in [0.05, 0.1) is 12.4 Å². The van der Waals surface area contributed by atoms with Gasteiger partial charge in [-0.2, -0.15) is 0 Å². The number of rotatable bonds is 10. The van der Waals surface area contributed by atoms with Crippen LogP contribution in [0.3, 0.4) is 0 Å². The third-order valence-electron chi connectivity index (χ3n) is 5.42. The third kappa shape index (κ3) is 6.11. The molecule has 0 aliphatic carbocycles. The van der Waals surface area contributed by atoms with E-state index in [2.05, 4.69) is 49.3 Å². The van der Waals surface area contributed by atoms with Crippen molar-refractivity contribution < 1.29 is 14.3 Å². The summed E-state index contributed by atoms with van der Waals surface area (Å²) in [4.78, 5) is 12.8. The highest BCUT2D eigenvalue weighted by atomic mass is 32.2. The van der Waals surface area contributed by atoms with Crippen LogP contribution in [-0.2, 0) is 4.79 Å². The summed E-state index contributed by atoms with van der Waals surface area (Å²) in [6.45, 7) is 12.3. The predicted molar refractivity (Wildman–Crippen MR) is 137 cm³/mol. The predicted octanol–water partition coefficient (Wildman–Crippen LogP) is 6.25. The number of nitrogens with one attached hydrogen (secondary N) is 1. The number of carbonyl (C=O) groups excluding carboxylic acids is 1. The van der Waals surface area contributed by atoms with Crippen LogP contribution in [0.2, 0.25) is 0 Å². The quantitative estimate of drug-likeness (QED) is 0.344. The number of ether oxygens (including phenoxy) is 2. The van der Waals surface area contributed by atoms with Crippen molar-refractivity contribution in [1.29, 1.82) is 0 Å². The molecule has 0 saturated heterocycles. The normalized spacial score (nSPS) is 13.1. The van der Waals surface area contributed by atoms with Gasteiger partial charge >= 0.3 is 0 Å². The number of hydrogen-bond acceptors (Lipinski definition) is 6. The van der Waals surface area contributed by atoms with Gasteiger partial charge in [0, 0.05) is 11.7 Å². The van der Waals surface area contributed by atoms with Gasteiger partial charge in [-0.05, 0) is 69.5 Å². The van der Waals surface area contributed by atoms with Crippen LogP contribution in [0.15, 0.2) is 53.7 Å². The van der Waals surface area contributed by atoms with E-state index >= 15 is 0 Å². The van der Waals surface area contributed by atoms with Gasteiger partial charge in [0.1, 0.15) is 11.5 Å². The van der Waals surface area contributed by atoms with Crippen LogP contribution in [0.25, 0.3) is 0 Å². The van der Waals surface area contributed by atoms with E-state index in [1.54, 1.807) is 7.11 Å². The summed E-state index contributed by atoms with van der Waals surface area (Å²) in [6.07, 6.45) is -0.299. The number of benzene rings is 2. The summed E-state index contributed by atoms with van der Waals surface area (Å²) in [5, 5.41) is 12.1. The summed E-state index contributed by atoms with van der Waals surface area (Å²) >= 11 is 1.38. The molecular weight excluding hydrogens is 448 g/mol. The van der Waals surface area contributed by atoms with Gasteiger partial charge in [0.2, 0.25) is 5.91 Å². The van der Waals surface area contributed by atoms with Gasteiger partial charge < -0.3 is 19.4 Å². The molecule has 0 radical (unpaired) electrons. The minimum atomic E-state index is -0.366. The molecule has 0 saturated carbocycles. The first kappa shape index (κ1) is 25.6. The van der Waals surface area contributed by atoms with Crippen molar-refractivity contribution >= 4 is 23.4 Å². The molecule has 2 unspecified atom stereocenters. The lowest BCUT2D eigenvalue weighted by Gasteiger charge is -2.21. The van der Waals surface area contributed by atoms with E-state index in [0.717, 1.165) is 28.6 Å². The molecule has 1 heterocycles. The summed E-state index contributed by atoms with van der Waals surface area (Å²) in [5.74, 6) is 2.57. The van der Waals surface area contributed by atoms with Crippen molar-refractivity contribution in [3.05, 3.63) is 59.9 Å². The molecule has 182 valence electrons. The molecule has 2 atom stereocenters. The summed E-state index contributed by atoms with van der Waals surface area (Å²) in [7, 11) is 1.61. The van der Waals surface area contributed by atoms with Crippen LogP contribution >= 0.6 is 11.8 Å². The molecule has 34 heavy (non-hydrogen) atoms. The van der Waals surface area contributed by atoms with E-state index in [1.807, 2.05) is 60.9 Å². The van der Waals surface area contributed by atoms with Crippen LogP contribution in [0, 0.1) is 0 Å². The Morgan fingerprint density at radius 3 is 2.26 bits per heavy atom. The molecule has 0 bridgehead atoms. The van der Waals surface area contributed by atoms with Gasteiger partial charge in [-0.3, -0.25) is 4.79 Å². The topological polar surface area (TPSA) is 78.3 Å².